The number of anilines is 1. The molecular weight excluding hydrogens is 334 g/mol. The average molecular weight is 357 g/mol. The highest BCUT2D eigenvalue weighted by Crippen LogP contribution is 2.20. The van der Waals surface area contributed by atoms with Gasteiger partial charge in [-0.25, -0.2) is 4.79 Å². The average Bonchev–Trinajstić information content (AvgIpc) is 2.59. The fourth-order valence-corrected chi connectivity index (χ4v) is 3.29. The number of carbonyl (C=O) groups excluding carboxylic acids is 2. The molecular formula is C20H23NO3S. The summed E-state index contributed by atoms with van der Waals surface area (Å²) in [5.41, 5.74) is 5.68. The third-order valence-electron chi connectivity index (χ3n) is 3.93. The van der Waals surface area contributed by atoms with E-state index in [0.29, 0.717) is 17.0 Å². The van der Waals surface area contributed by atoms with Gasteiger partial charge in [-0.3, -0.25) is 4.79 Å². The van der Waals surface area contributed by atoms with E-state index in [-0.39, 0.29) is 5.91 Å². The second-order valence-electron chi connectivity index (χ2n) is 5.99. The largest absolute Gasteiger partial charge is 0.465 e. The number of hydrogen-bond donors (Lipinski definition) is 1. The zero-order chi connectivity index (χ0) is 18.4. The van der Waals surface area contributed by atoms with E-state index < -0.39 is 5.97 Å². The summed E-state index contributed by atoms with van der Waals surface area (Å²) >= 11 is 1.57. The Hall–Kier alpha value is -2.27. The number of carbonyl (C=O) groups is 2. The van der Waals surface area contributed by atoms with Crippen molar-refractivity contribution in [3.05, 3.63) is 64.2 Å². The molecule has 1 amide bonds. The van der Waals surface area contributed by atoms with Gasteiger partial charge in [-0.05, 0) is 49.6 Å². The molecule has 2 aromatic rings. The minimum absolute atomic E-state index is 0.0829. The summed E-state index contributed by atoms with van der Waals surface area (Å²) in [6.45, 7) is 6.04. The number of thioether (sulfide) groups is 1. The van der Waals surface area contributed by atoms with Crippen molar-refractivity contribution in [2.24, 2.45) is 0 Å². The monoisotopic (exact) mass is 357 g/mol. The van der Waals surface area contributed by atoms with Gasteiger partial charge < -0.3 is 10.1 Å². The van der Waals surface area contributed by atoms with Crippen LogP contribution >= 0.6 is 11.8 Å². The molecule has 0 saturated heterocycles. The Morgan fingerprint density at radius 2 is 1.76 bits per heavy atom. The van der Waals surface area contributed by atoms with Gasteiger partial charge in [0.15, 0.2) is 0 Å². The van der Waals surface area contributed by atoms with E-state index in [1.807, 2.05) is 6.92 Å². The van der Waals surface area contributed by atoms with E-state index in [2.05, 4.69) is 37.4 Å². The first-order valence-corrected chi connectivity index (χ1v) is 9.19. The van der Waals surface area contributed by atoms with Crippen molar-refractivity contribution in [2.75, 3.05) is 18.2 Å². The molecule has 0 saturated carbocycles. The molecule has 2 aromatic carbocycles. The van der Waals surface area contributed by atoms with Crippen LogP contribution in [0.3, 0.4) is 0 Å². The summed E-state index contributed by atoms with van der Waals surface area (Å²) in [6, 6.07) is 11.5. The van der Waals surface area contributed by atoms with Crippen LogP contribution in [0.25, 0.3) is 0 Å². The van der Waals surface area contributed by atoms with Gasteiger partial charge in [0.05, 0.1) is 18.4 Å². The van der Waals surface area contributed by atoms with Crippen LogP contribution in [0.4, 0.5) is 5.69 Å². The van der Waals surface area contributed by atoms with Gasteiger partial charge in [-0.15, -0.1) is 11.8 Å². The molecule has 0 unspecified atom stereocenters. The Morgan fingerprint density at radius 1 is 1.04 bits per heavy atom. The van der Waals surface area contributed by atoms with Crippen LogP contribution in [0.15, 0.2) is 36.4 Å². The number of esters is 1. The van der Waals surface area contributed by atoms with Gasteiger partial charge in [0, 0.05) is 11.4 Å². The molecule has 25 heavy (non-hydrogen) atoms. The summed E-state index contributed by atoms with van der Waals surface area (Å²) in [7, 11) is 1.34. The zero-order valence-corrected chi connectivity index (χ0v) is 15.8. The number of ether oxygens (including phenoxy) is 1. The molecule has 0 aliphatic heterocycles. The minimum atomic E-state index is -0.417. The van der Waals surface area contributed by atoms with Crippen LogP contribution in [0.1, 0.15) is 32.6 Å². The molecule has 1 N–H and O–H groups in total. The third-order valence-corrected chi connectivity index (χ3v) is 4.91. The SMILES string of the molecule is COC(=O)c1ccc(C)c(NC(=O)CSCc2cc(C)ccc2C)c1. The summed E-state index contributed by atoms with van der Waals surface area (Å²) < 4.78 is 4.72. The van der Waals surface area contributed by atoms with Gasteiger partial charge in [-0.2, -0.15) is 0 Å². The lowest BCUT2D eigenvalue weighted by molar-refractivity contribution is -0.113. The lowest BCUT2D eigenvalue weighted by atomic mass is 10.1. The van der Waals surface area contributed by atoms with Crippen LogP contribution < -0.4 is 5.32 Å². The Kier molecular flexibility index (Phi) is 6.65. The molecule has 0 spiro atoms. The van der Waals surface area contributed by atoms with Gasteiger partial charge in [0.2, 0.25) is 5.91 Å². The standard InChI is InChI=1S/C20H23NO3S/c1-13-5-6-14(2)17(9-13)11-25-12-19(22)21-18-10-16(20(23)24-4)8-7-15(18)3/h5-10H,11-12H2,1-4H3,(H,21,22). The summed E-state index contributed by atoms with van der Waals surface area (Å²) in [6.07, 6.45) is 0. The smallest absolute Gasteiger partial charge is 0.337 e. The fourth-order valence-electron chi connectivity index (χ4n) is 2.40. The van der Waals surface area contributed by atoms with Crippen molar-refractivity contribution in [1.82, 2.24) is 0 Å². The number of aryl methyl sites for hydroxylation is 3. The summed E-state index contributed by atoms with van der Waals surface area (Å²) in [5, 5.41) is 2.87. The van der Waals surface area contributed by atoms with Crippen molar-refractivity contribution in [1.29, 1.82) is 0 Å². The normalized spacial score (nSPS) is 10.4. The molecule has 0 fully saturated rings. The molecule has 0 heterocycles. The van der Waals surface area contributed by atoms with E-state index >= 15 is 0 Å². The lowest BCUT2D eigenvalue weighted by Crippen LogP contribution is -2.15. The molecule has 0 aromatic heterocycles. The molecule has 5 heteroatoms. The van der Waals surface area contributed by atoms with Crippen LogP contribution in [0, 0.1) is 20.8 Å². The van der Waals surface area contributed by atoms with Crippen LogP contribution in [0.2, 0.25) is 0 Å². The van der Waals surface area contributed by atoms with E-state index in [4.69, 9.17) is 4.74 Å². The molecule has 0 radical (unpaired) electrons. The Bertz CT molecular complexity index is 787. The summed E-state index contributed by atoms with van der Waals surface area (Å²) in [4.78, 5) is 23.8. The lowest BCUT2D eigenvalue weighted by Gasteiger charge is -2.11. The number of amides is 1. The first-order chi connectivity index (χ1) is 11.9. The first kappa shape index (κ1) is 19.1. The van der Waals surface area contributed by atoms with Crippen LogP contribution in [-0.4, -0.2) is 24.7 Å². The number of rotatable bonds is 6. The highest BCUT2D eigenvalue weighted by molar-refractivity contribution is 7.99. The van der Waals surface area contributed by atoms with Crippen molar-refractivity contribution in [2.45, 2.75) is 26.5 Å². The zero-order valence-electron chi connectivity index (χ0n) is 15.0. The van der Waals surface area contributed by atoms with Gasteiger partial charge >= 0.3 is 5.97 Å². The molecule has 0 bridgehead atoms. The highest BCUT2D eigenvalue weighted by Gasteiger charge is 2.10. The maximum Gasteiger partial charge on any atom is 0.337 e. The van der Waals surface area contributed by atoms with Crippen molar-refractivity contribution < 1.29 is 14.3 Å². The van der Waals surface area contributed by atoms with Gasteiger partial charge in [-0.1, -0.05) is 29.8 Å². The van der Waals surface area contributed by atoms with Crippen molar-refractivity contribution in [3.63, 3.8) is 0 Å². The second kappa shape index (κ2) is 8.72. The number of methoxy groups -OCH3 is 1. The quantitative estimate of drug-likeness (QED) is 0.785. The first-order valence-electron chi connectivity index (χ1n) is 8.03. The molecule has 2 rings (SSSR count). The summed E-state index contributed by atoms with van der Waals surface area (Å²) in [5.74, 6) is 0.650. The van der Waals surface area contributed by atoms with E-state index in [1.165, 1.54) is 23.8 Å². The Labute approximate surface area is 153 Å². The number of hydrogen-bond acceptors (Lipinski definition) is 4. The van der Waals surface area contributed by atoms with Crippen LogP contribution in [0.5, 0.6) is 0 Å². The van der Waals surface area contributed by atoms with Crippen LogP contribution in [-0.2, 0) is 15.3 Å². The Morgan fingerprint density at radius 3 is 2.48 bits per heavy atom. The van der Waals surface area contributed by atoms with Crippen molar-refractivity contribution >= 4 is 29.3 Å². The van der Waals surface area contributed by atoms with Gasteiger partial charge in [0.25, 0.3) is 0 Å². The fraction of sp³-hybridized carbons (Fsp3) is 0.300. The van der Waals surface area contributed by atoms with E-state index in [0.717, 1.165) is 11.3 Å². The maximum absolute atomic E-state index is 12.2. The Balaban J connectivity index is 1.94. The molecule has 4 nitrogen and oxygen atoms in total. The molecule has 0 atom stereocenters. The molecule has 0 aliphatic rings. The number of nitrogens with one attached hydrogen (secondary N) is 1. The topological polar surface area (TPSA) is 55.4 Å². The van der Waals surface area contributed by atoms with Gasteiger partial charge in [0.1, 0.15) is 0 Å². The number of benzene rings is 2. The van der Waals surface area contributed by atoms with E-state index in [1.54, 1.807) is 30.0 Å². The van der Waals surface area contributed by atoms with Crippen molar-refractivity contribution in [3.8, 4) is 0 Å². The molecule has 132 valence electrons. The second-order valence-corrected chi connectivity index (χ2v) is 6.98. The third kappa shape index (κ3) is 5.36. The molecule has 0 aliphatic carbocycles. The minimum Gasteiger partial charge on any atom is -0.465 e. The predicted molar refractivity (Wildman–Crippen MR) is 103 cm³/mol. The predicted octanol–water partition coefficient (Wildman–Crippen LogP) is 4.27. The van der Waals surface area contributed by atoms with E-state index in [9.17, 15) is 9.59 Å². The highest BCUT2D eigenvalue weighted by atomic mass is 32.2. The maximum atomic E-state index is 12.2.